The van der Waals surface area contributed by atoms with Crippen LogP contribution >= 0.6 is 0 Å². The van der Waals surface area contributed by atoms with E-state index in [4.69, 9.17) is 0 Å². The summed E-state index contributed by atoms with van der Waals surface area (Å²) in [6.07, 6.45) is 1.83. The van der Waals surface area contributed by atoms with E-state index < -0.39 is 0 Å². The minimum atomic E-state index is 0.893. The molecule has 4 heteroatoms. The second kappa shape index (κ2) is 6.36. The predicted octanol–water partition coefficient (Wildman–Crippen LogP) is 2.84. The van der Waals surface area contributed by atoms with Crippen LogP contribution in [0.1, 0.15) is 23.9 Å². The van der Waals surface area contributed by atoms with Crippen molar-refractivity contribution in [2.75, 3.05) is 27.7 Å². The molecule has 1 aromatic rings. The van der Waals surface area contributed by atoms with E-state index in [9.17, 15) is 0 Å². The quantitative estimate of drug-likeness (QED) is 0.602. The third kappa shape index (κ3) is 3.81. The topological polar surface area (TPSA) is 31.7 Å². The second-order valence-corrected chi connectivity index (χ2v) is 4.88. The molecule has 1 rings (SSSR count). The molecule has 0 aliphatic heterocycles. The highest BCUT2D eigenvalue weighted by Gasteiger charge is 2.09. The van der Waals surface area contributed by atoms with Gasteiger partial charge in [-0.1, -0.05) is 6.58 Å². The fraction of sp³-hybridized carbons (Fsp3) is 0.467. The van der Waals surface area contributed by atoms with Gasteiger partial charge in [-0.05, 0) is 26.8 Å². The second-order valence-electron chi connectivity index (χ2n) is 4.88. The molecule has 0 fully saturated rings. The Kier molecular flexibility index (Phi) is 5.10. The number of hydrogen-bond donors (Lipinski definition) is 0. The van der Waals surface area contributed by atoms with Crippen molar-refractivity contribution in [1.29, 1.82) is 0 Å². The first-order valence-electron chi connectivity index (χ1n) is 6.46. The van der Waals surface area contributed by atoms with Crippen LogP contribution in [-0.4, -0.2) is 48.8 Å². The van der Waals surface area contributed by atoms with Gasteiger partial charge in [-0.25, -0.2) is 4.99 Å². The van der Waals surface area contributed by atoms with E-state index in [1.807, 2.05) is 51.1 Å². The fourth-order valence-corrected chi connectivity index (χ4v) is 1.62. The van der Waals surface area contributed by atoms with Crippen molar-refractivity contribution < 1.29 is 0 Å². The highest BCUT2D eigenvalue weighted by Crippen LogP contribution is 2.25. The summed E-state index contributed by atoms with van der Waals surface area (Å²) in [5, 5.41) is 0. The molecule has 104 valence electrons. The third-order valence-corrected chi connectivity index (χ3v) is 3.12. The first kappa shape index (κ1) is 15.2. The maximum atomic E-state index is 4.56. The standard InChI is InChI=1S/C15H24N4/c1-8-19(7)10-16-15-9-14(13(4)18(5)6)11(2)17-12(15)3/h9-10H,4,8H2,1-3,5-7H3. The average molecular weight is 260 g/mol. The molecule has 0 unspecified atom stereocenters. The van der Waals surface area contributed by atoms with Crippen LogP contribution in [0.3, 0.4) is 0 Å². The van der Waals surface area contributed by atoms with E-state index in [0.717, 1.165) is 34.9 Å². The number of nitrogens with zero attached hydrogens (tertiary/aromatic N) is 4. The fourth-order valence-electron chi connectivity index (χ4n) is 1.62. The first-order valence-corrected chi connectivity index (χ1v) is 6.46. The molecule has 19 heavy (non-hydrogen) atoms. The minimum absolute atomic E-state index is 0.893. The monoisotopic (exact) mass is 260 g/mol. The summed E-state index contributed by atoms with van der Waals surface area (Å²) in [4.78, 5) is 13.1. The molecular formula is C15H24N4. The Labute approximate surface area is 116 Å². The maximum Gasteiger partial charge on any atom is 0.0910 e. The Hall–Kier alpha value is -1.84. The van der Waals surface area contributed by atoms with Gasteiger partial charge in [0, 0.05) is 44.6 Å². The Morgan fingerprint density at radius 2 is 1.95 bits per heavy atom. The number of rotatable bonds is 5. The zero-order valence-corrected chi connectivity index (χ0v) is 12.9. The molecule has 1 heterocycles. The van der Waals surface area contributed by atoms with E-state index in [1.54, 1.807) is 0 Å². The minimum Gasteiger partial charge on any atom is -0.378 e. The summed E-state index contributed by atoms with van der Waals surface area (Å²) in [5.41, 5.74) is 4.81. The lowest BCUT2D eigenvalue weighted by Gasteiger charge is -2.18. The van der Waals surface area contributed by atoms with Gasteiger partial charge in [0.25, 0.3) is 0 Å². The Bertz CT molecular complexity index is 489. The Balaban J connectivity index is 3.17. The van der Waals surface area contributed by atoms with Crippen LogP contribution in [0.4, 0.5) is 5.69 Å². The lowest BCUT2D eigenvalue weighted by molar-refractivity contribution is 0.552. The smallest absolute Gasteiger partial charge is 0.0910 e. The SMILES string of the molecule is C=C(c1cc(N=CN(C)CC)c(C)nc1C)N(C)C. The number of aromatic nitrogens is 1. The maximum absolute atomic E-state index is 4.56. The molecule has 0 saturated heterocycles. The normalized spacial score (nSPS) is 10.8. The largest absolute Gasteiger partial charge is 0.378 e. The van der Waals surface area contributed by atoms with Crippen LogP contribution < -0.4 is 0 Å². The van der Waals surface area contributed by atoms with Gasteiger partial charge in [0.1, 0.15) is 0 Å². The van der Waals surface area contributed by atoms with Crippen molar-refractivity contribution in [3.05, 3.63) is 29.6 Å². The molecule has 0 aromatic carbocycles. The van der Waals surface area contributed by atoms with Gasteiger partial charge in [0.15, 0.2) is 0 Å². The van der Waals surface area contributed by atoms with Crippen LogP contribution in [0.25, 0.3) is 5.70 Å². The summed E-state index contributed by atoms with van der Waals surface area (Å²) in [6, 6.07) is 2.06. The molecule has 0 atom stereocenters. The molecule has 0 bridgehead atoms. The zero-order chi connectivity index (χ0) is 14.6. The summed E-state index contributed by atoms with van der Waals surface area (Å²) in [7, 11) is 5.96. The van der Waals surface area contributed by atoms with Crippen LogP contribution in [-0.2, 0) is 0 Å². The van der Waals surface area contributed by atoms with Crippen molar-refractivity contribution in [2.24, 2.45) is 4.99 Å². The molecule has 0 amide bonds. The number of aryl methyl sites for hydroxylation is 2. The summed E-state index contributed by atoms with van der Waals surface area (Å²) in [5.74, 6) is 0. The molecular weight excluding hydrogens is 236 g/mol. The van der Waals surface area contributed by atoms with E-state index >= 15 is 0 Å². The van der Waals surface area contributed by atoms with Gasteiger partial charge in [-0.15, -0.1) is 0 Å². The Morgan fingerprint density at radius 3 is 2.47 bits per heavy atom. The van der Waals surface area contributed by atoms with Crippen molar-refractivity contribution in [3.63, 3.8) is 0 Å². The van der Waals surface area contributed by atoms with Gasteiger partial charge >= 0.3 is 0 Å². The summed E-state index contributed by atoms with van der Waals surface area (Å²) >= 11 is 0. The van der Waals surface area contributed by atoms with Gasteiger partial charge in [-0.2, -0.15) is 0 Å². The average Bonchev–Trinajstić information content (AvgIpc) is 2.36. The molecule has 1 aromatic heterocycles. The van der Waals surface area contributed by atoms with E-state index in [2.05, 4.69) is 29.5 Å². The number of aliphatic imine (C=N–C) groups is 1. The molecule has 0 aliphatic rings. The molecule has 0 saturated carbocycles. The molecule has 0 N–H and O–H groups in total. The van der Waals surface area contributed by atoms with Gasteiger partial charge in [0.2, 0.25) is 0 Å². The molecule has 0 radical (unpaired) electrons. The molecule has 0 spiro atoms. The Morgan fingerprint density at radius 1 is 1.32 bits per heavy atom. The lowest BCUT2D eigenvalue weighted by Crippen LogP contribution is -2.14. The predicted molar refractivity (Wildman–Crippen MR) is 82.9 cm³/mol. The van der Waals surface area contributed by atoms with Crippen molar-refractivity contribution in [2.45, 2.75) is 20.8 Å². The van der Waals surface area contributed by atoms with Crippen molar-refractivity contribution in [1.82, 2.24) is 14.8 Å². The van der Waals surface area contributed by atoms with Crippen LogP contribution in [0.2, 0.25) is 0 Å². The third-order valence-electron chi connectivity index (χ3n) is 3.12. The highest BCUT2D eigenvalue weighted by molar-refractivity contribution is 5.69. The first-order chi connectivity index (χ1) is 8.86. The lowest BCUT2D eigenvalue weighted by atomic mass is 10.1. The van der Waals surface area contributed by atoms with Gasteiger partial charge in [-0.3, -0.25) is 4.98 Å². The summed E-state index contributed by atoms with van der Waals surface area (Å²) in [6.45, 7) is 11.1. The zero-order valence-electron chi connectivity index (χ0n) is 12.9. The van der Waals surface area contributed by atoms with E-state index in [1.165, 1.54) is 0 Å². The number of pyridine rings is 1. The molecule has 0 aliphatic carbocycles. The van der Waals surface area contributed by atoms with Gasteiger partial charge in [0.05, 0.1) is 17.7 Å². The van der Waals surface area contributed by atoms with E-state index in [0.29, 0.717) is 0 Å². The van der Waals surface area contributed by atoms with Crippen LogP contribution in [0.5, 0.6) is 0 Å². The van der Waals surface area contributed by atoms with Crippen molar-refractivity contribution >= 4 is 17.7 Å². The molecule has 4 nitrogen and oxygen atoms in total. The highest BCUT2D eigenvalue weighted by atomic mass is 15.1. The van der Waals surface area contributed by atoms with E-state index in [-0.39, 0.29) is 0 Å². The van der Waals surface area contributed by atoms with Gasteiger partial charge < -0.3 is 9.80 Å². The number of hydrogen-bond acceptors (Lipinski definition) is 3. The van der Waals surface area contributed by atoms with Crippen molar-refractivity contribution in [3.8, 4) is 0 Å². The summed E-state index contributed by atoms with van der Waals surface area (Å²) < 4.78 is 0. The van der Waals surface area contributed by atoms with Crippen LogP contribution in [0.15, 0.2) is 17.6 Å². The van der Waals surface area contributed by atoms with Crippen LogP contribution in [0, 0.1) is 13.8 Å².